The molecule has 1 aromatic heterocycles. The van der Waals surface area contributed by atoms with Gasteiger partial charge in [0.05, 0.1) is 5.25 Å². The van der Waals surface area contributed by atoms with Gasteiger partial charge < -0.3 is 9.73 Å². The molecular weight excluding hydrogens is 353 g/mol. The Morgan fingerprint density at radius 2 is 1.85 bits per heavy atom. The van der Waals surface area contributed by atoms with Gasteiger partial charge in [0, 0.05) is 11.3 Å². The van der Waals surface area contributed by atoms with Crippen LogP contribution >= 0.6 is 11.8 Å². The average molecular weight is 371 g/mol. The molecule has 0 spiro atoms. The highest BCUT2D eigenvalue weighted by Gasteiger charge is 2.19. The first-order valence-corrected chi connectivity index (χ1v) is 9.09. The zero-order valence-electron chi connectivity index (χ0n) is 14.4. The summed E-state index contributed by atoms with van der Waals surface area (Å²) in [5.74, 6) is -0.161. The molecule has 0 saturated heterocycles. The normalized spacial score (nSPS) is 12.0. The fraction of sp³-hybridized carbons (Fsp3) is 0.211. The third-order valence-corrected chi connectivity index (χ3v) is 4.71. The van der Waals surface area contributed by atoms with E-state index in [4.69, 9.17) is 4.42 Å². The lowest BCUT2D eigenvalue weighted by Crippen LogP contribution is -2.22. The number of anilines is 1. The second-order valence-electron chi connectivity index (χ2n) is 5.68. The molecule has 0 aliphatic rings. The van der Waals surface area contributed by atoms with Crippen molar-refractivity contribution in [2.45, 2.75) is 30.7 Å². The zero-order valence-corrected chi connectivity index (χ0v) is 15.2. The Bertz CT molecular complexity index is 879. The van der Waals surface area contributed by atoms with Gasteiger partial charge in [-0.1, -0.05) is 30.8 Å². The number of aromatic nitrogens is 2. The van der Waals surface area contributed by atoms with Gasteiger partial charge in [0.2, 0.25) is 11.8 Å². The monoisotopic (exact) mass is 371 g/mol. The van der Waals surface area contributed by atoms with Crippen molar-refractivity contribution in [2.75, 3.05) is 5.32 Å². The molecule has 134 valence electrons. The maximum Gasteiger partial charge on any atom is 0.277 e. The number of amides is 1. The van der Waals surface area contributed by atoms with E-state index < -0.39 is 5.25 Å². The first-order chi connectivity index (χ1) is 12.5. The molecule has 1 heterocycles. The Balaban J connectivity index is 1.62. The summed E-state index contributed by atoms with van der Waals surface area (Å²) in [6.07, 6.45) is 0.964. The Morgan fingerprint density at radius 1 is 1.15 bits per heavy atom. The van der Waals surface area contributed by atoms with Crippen LogP contribution in [0.15, 0.2) is 58.2 Å². The quantitative estimate of drug-likeness (QED) is 0.644. The fourth-order valence-corrected chi connectivity index (χ4v) is 2.92. The SMILES string of the molecule is CCc1ccc(-c2nnc(S[C@@H](C)C(=O)Nc3ccc(F)cc3)o2)cc1. The van der Waals surface area contributed by atoms with Gasteiger partial charge in [-0.3, -0.25) is 4.79 Å². The number of thioether (sulfide) groups is 1. The van der Waals surface area contributed by atoms with Crippen LogP contribution in [0.4, 0.5) is 10.1 Å². The second-order valence-corrected chi connectivity index (χ2v) is 6.97. The summed E-state index contributed by atoms with van der Waals surface area (Å²) in [7, 11) is 0. The van der Waals surface area contributed by atoms with Gasteiger partial charge in [-0.15, -0.1) is 10.2 Å². The van der Waals surface area contributed by atoms with Crippen LogP contribution in [-0.2, 0) is 11.2 Å². The van der Waals surface area contributed by atoms with Crippen LogP contribution in [0.2, 0.25) is 0 Å². The lowest BCUT2D eigenvalue weighted by atomic mass is 10.1. The third-order valence-electron chi connectivity index (χ3n) is 3.77. The molecule has 0 unspecified atom stereocenters. The molecule has 1 N–H and O–H groups in total. The molecule has 0 aliphatic carbocycles. The van der Waals surface area contributed by atoms with Crippen LogP contribution in [0, 0.1) is 5.82 Å². The predicted molar refractivity (Wildman–Crippen MR) is 99.5 cm³/mol. The van der Waals surface area contributed by atoms with Gasteiger partial charge in [-0.25, -0.2) is 4.39 Å². The van der Waals surface area contributed by atoms with Crippen LogP contribution in [0.1, 0.15) is 19.4 Å². The Labute approximate surface area is 155 Å². The van der Waals surface area contributed by atoms with Gasteiger partial charge in [0.15, 0.2) is 0 Å². The van der Waals surface area contributed by atoms with E-state index in [9.17, 15) is 9.18 Å². The highest BCUT2D eigenvalue weighted by Crippen LogP contribution is 2.27. The van der Waals surface area contributed by atoms with E-state index in [0.717, 1.165) is 12.0 Å². The molecule has 5 nitrogen and oxygen atoms in total. The van der Waals surface area contributed by atoms with Crippen molar-refractivity contribution in [1.29, 1.82) is 0 Å². The molecule has 2 aromatic carbocycles. The zero-order chi connectivity index (χ0) is 18.5. The average Bonchev–Trinajstić information content (AvgIpc) is 3.12. The number of nitrogens with one attached hydrogen (secondary N) is 1. The highest BCUT2D eigenvalue weighted by molar-refractivity contribution is 8.00. The van der Waals surface area contributed by atoms with Crippen molar-refractivity contribution >= 4 is 23.4 Å². The van der Waals surface area contributed by atoms with Gasteiger partial charge in [-0.05, 0) is 55.3 Å². The van der Waals surface area contributed by atoms with Crippen molar-refractivity contribution < 1.29 is 13.6 Å². The van der Waals surface area contributed by atoms with Crippen LogP contribution in [0.3, 0.4) is 0 Å². The van der Waals surface area contributed by atoms with Crippen molar-refractivity contribution in [3.05, 3.63) is 59.9 Å². The summed E-state index contributed by atoms with van der Waals surface area (Å²) in [5.41, 5.74) is 2.60. The fourth-order valence-electron chi connectivity index (χ4n) is 2.24. The molecule has 3 aromatic rings. The molecule has 7 heteroatoms. The number of hydrogen-bond donors (Lipinski definition) is 1. The first-order valence-electron chi connectivity index (χ1n) is 8.21. The predicted octanol–water partition coefficient (Wildman–Crippen LogP) is 4.56. The summed E-state index contributed by atoms with van der Waals surface area (Å²) in [6, 6.07) is 13.5. The number of carbonyl (C=O) groups excluding carboxylic acids is 1. The van der Waals surface area contributed by atoms with Crippen molar-refractivity contribution in [2.24, 2.45) is 0 Å². The Kier molecular flexibility index (Phi) is 5.68. The number of nitrogens with zero attached hydrogens (tertiary/aromatic N) is 2. The molecule has 0 bridgehead atoms. The summed E-state index contributed by atoms with van der Waals surface area (Å²) < 4.78 is 18.6. The lowest BCUT2D eigenvalue weighted by Gasteiger charge is -2.09. The molecule has 26 heavy (non-hydrogen) atoms. The molecule has 3 rings (SSSR count). The summed E-state index contributed by atoms with van der Waals surface area (Å²) in [6.45, 7) is 3.83. The van der Waals surface area contributed by atoms with Crippen LogP contribution in [-0.4, -0.2) is 21.4 Å². The van der Waals surface area contributed by atoms with E-state index in [2.05, 4.69) is 22.4 Å². The van der Waals surface area contributed by atoms with Gasteiger partial charge in [0.1, 0.15) is 5.82 Å². The van der Waals surface area contributed by atoms with E-state index in [0.29, 0.717) is 16.8 Å². The molecule has 0 aliphatic heterocycles. The van der Waals surface area contributed by atoms with Gasteiger partial charge >= 0.3 is 0 Å². The molecule has 0 saturated carbocycles. The third kappa shape index (κ3) is 4.49. The van der Waals surface area contributed by atoms with E-state index in [-0.39, 0.29) is 11.7 Å². The standard InChI is InChI=1S/C19H18FN3O2S/c1-3-13-4-6-14(7-5-13)18-22-23-19(25-18)26-12(2)17(24)21-16-10-8-15(20)9-11-16/h4-12H,3H2,1-2H3,(H,21,24)/t12-/m0/s1. The van der Waals surface area contributed by atoms with Crippen molar-refractivity contribution in [3.8, 4) is 11.5 Å². The van der Waals surface area contributed by atoms with Crippen LogP contribution < -0.4 is 5.32 Å². The molecule has 0 radical (unpaired) electrons. The minimum absolute atomic E-state index is 0.228. The number of carbonyl (C=O) groups is 1. The number of aryl methyl sites for hydroxylation is 1. The van der Waals surface area contributed by atoms with E-state index in [1.807, 2.05) is 24.3 Å². The van der Waals surface area contributed by atoms with Crippen molar-refractivity contribution in [1.82, 2.24) is 10.2 Å². The summed E-state index contributed by atoms with van der Waals surface area (Å²) in [4.78, 5) is 12.2. The van der Waals surface area contributed by atoms with E-state index >= 15 is 0 Å². The smallest absolute Gasteiger partial charge is 0.277 e. The first kappa shape index (κ1) is 18.1. The summed E-state index contributed by atoms with van der Waals surface area (Å²) in [5, 5.41) is 10.6. The van der Waals surface area contributed by atoms with Gasteiger partial charge in [-0.2, -0.15) is 0 Å². The van der Waals surface area contributed by atoms with Crippen LogP contribution in [0.25, 0.3) is 11.5 Å². The van der Waals surface area contributed by atoms with Crippen molar-refractivity contribution in [3.63, 3.8) is 0 Å². The number of hydrogen-bond acceptors (Lipinski definition) is 5. The molecule has 0 fully saturated rings. The Hall–Kier alpha value is -2.67. The topological polar surface area (TPSA) is 68.0 Å². The minimum atomic E-state index is -0.448. The second kappa shape index (κ2) is 8.14. The highest BCUT2D eigenvalue weighted by atomic mass is 32.2. The Morgan fingerprint density at radius 3 is 2.50 bits per heavy atom. The maximum atomic E-state index is 12.9. The maximum absolute atomic E-state index is 12.9. The van der Waals surface area contributed by atoms with Gasteiger partial charge in [0.25, 0.3) is 5.22 Å². The van der Waals surface area contributed by atoms with E-state index in [1.54, 1.807) is 6.92 Å². The number of benzene rings is 2. The number of rotatable bonds is 6. The van der Waals surface area contributed by atoms with E-state index in [1.165, 1.54) is 41.6 Å². The summed E-state index contributed by atoms with van der Waals surface area (Å²) >= 11 is 1.17. The molecule has 1 amide bonds. The minimum Gasteiger partial charge on any atom is -0.411 e. The number of halogens is 1. The lowest BCUT2D eigenvalue weighted by molar-refractivity contribution is -0.115. The largest absolute Gasteiger partial charge is 0.411 e. The molecule has 1 atom stereocenters. The van der Waals surface area contributed by atoms with Crippen LogP contribution in [0.5, 0.6) is 0 Å². The molecular formula is C19H18FN3O2S.